The van der Waals surface area contributed by atoms with Crippen molar-refractivity contribution in [3.8, 4) is 0 Å². The van der Waals surface area contributed by atoms with Gasteiger partial charge in [0, 0.05) is 18.5 Å². The van der Waals surface area contributed by atoms with Crippen molar-refractivity contribution in [2.45, 2.75) is 6.42 Å². The monoisotopic (exact) mass is 297 g/mol. The van der Waals surface area contributed by atoms with E-state index in [1.807, 2.05) is 18.2 Å². The minimum Gasteiger partial charge on any atom is -0.450 e. The Hall–Kier alpha value is -1.33. The van der Waals surface area contributed by atoms with Crippen LogP contribution in [0, 0.1) is 0 Å². The topological polar surface area (TPSA) is 62.5 Å². The van der Waals surface area contributed by atoms with E-state index in [0.29, 0.717) is 18.5 Å². The molecule has 0 aliphatic carbocycles. The third-order valence-corrected chi connectivity index (χ3v) is 2.96. The van der Waals surface area contributed by atoms with E-state index < -0.39 is 0 Å². The number of fused-ring (bicyclic) bond motifs is 1. The molecule has 1 heterocycles. The standard InChI is InChI=1S/C12H12BrNO3/c13-9-4-1-3-8-7-10(17-11(8)9)12(16)14-5-2-6-15/h1,3-4,7,15H,2,5-6H2,(H,14,16). The van der Waals surface area contributed by atoms with E-state index in [0.717, 1.165) is 9.86 Å². The Morgan fingerprint density at radius 1 is 1.47 bits per heavy atom. The maximum absolute atomic E-state index is 11.7. The van der Waals surface area contributed by atoms with Crippen LogP contribution in [0.4, 0.5) is 0 Å². The van der Waals surface area contributed by atoms with E-state index >= 15 is 0 Å². The van der Waals surface area contributed by atoms with E-state index in [4.69, 9.17) is 9.52 Å². The van der Waals surface area contributed by atoms with Gasteiger partial charge in [-0.1, -0.05) is 12.1 Å². The van der Waals surface area contributed by atoms with Gasteiger partial charge in [0.05, 0.1) is 4.47 Å². The molecule has 90 valence electrons. The zero-order valence-corrected chi connectivity index (χ0v) is 10.7. The van der Waals surface area contributed by atoms with Gasteiger partial charge < -0.3 is 14.8 Å². The highest BCUT2D eigenvalue weighted by Crippen LogP contribution is 2.26. The predicted octanol–water partition coefficient (Wildman–Crippen LogP) is 2.31. The average Bonchev–Trinajstić information content (AvgIpc) is 2.75. The molecule has 0 atom stereocenters. The molecule has 1 aromatic heterocycles. The van der Waals surface area contributed by atoms with Crippen LogP contribution >= 0.6 is 15.9 Å². The zero-order valence-electron chi connectivity index (χ0n) is 9.07. The maximum Gasteiger partial charge on any atom is 0.287 e. The lowest BCUT2D eigenvalue weighted by atomic mass is 10.2. The van der Waals surface area contributed by atoms with E-state index in [-0.39, 0.29) is 18.3 Å². The molecular formula is C12H12BrNO3. The fourth-order valence-electron chi connectivity index (χ4n) is 1.51. The van der Waals surface area contributed by atoms with Crippen molar-refractivity contribution in [1.82, 2.24) is 5.32 Å². The van der Waals surface area contributed by atoms with E-state index in [9.17, 15) is 4.79 Å². The number of para-hydroxylation sites is 1. The maximum atomic E-state index is 11.7. The number of benzene rings is 1. The smallest absolute Gasteiger partial charge is 0.287 e. The summed E-state index contributed by atoms with van der Waals surface area (Å²) < 4.78 is 6.29. The van der Waals surface area contributed by atoms with Crippen molar-refractivity contribution in [2.24, 2.45) is 0 Å². The minimum absolute atomic E-state index is 0.0615. The van der Waals surface area contributed by atoms with Crippen molar-refractivity contribution >= 4 is 32.8 Å². The number of furan rings is 1. The van der Waals surface area contributed by atoms with Gasteiger partial charge in [0.2, 0.25) is 0 Å². The van der Waals surface area contributed by atoms with Crippen molar-refractivity contribution < 1.29 is 14.3 Å². The third kappa shape index (κ3) is 2.68. The second-order valence-electron chi connectivity index (χ2n) is 3.60. The van der Waals surface area contributed by atoms with Crippen molar-refractivity contribution in [3.63, 3.8) is 0 Å². The third-order valence-electron chi connectivity index (χ3n) is 2.34. The molecule has 0 aliphatic heterocycles. The Morgan fingerprint density at radius 3 is 3.00 bits per heavy atom. The average molecular weight is 298 g/mol. The number of rotatable bonds is 4. The quantitative estimate of drug-likeness (QED) is 0.851. The number of halogens is 1. The van der Waals surface area contributed by atoms with Crippen molar-refractivity contribution in [3.05, 3.63) is 34.5 Å². The first kappa shape index (κ1) is 12.1. The molecule has 1 amide bonds. The summed E-state index contributed by atoms with van der Waals surface area (Å²) >= 11 is 3.36. The van der Waals surface area contributed by atoms with Gasteiger partial charge in [-0.2, -0.15) is 0 Å². The highest BCUT2D eigenvalue weighted by Gasteiger charge is 2.12. The lowest BCUT2D eigenvalue weighted by Gasteiger charge is -1.99. The minimum atomic E-state index is -0.262. The lowest BCUT2D eigenvalue weighted by Crippen LogP contribution is -2.24. The largest absolute Gasteiger partial charge is 0.450 e. The van der Waals surface area contributed by atoms with Gasteiger partial charge in [-0.3, -0.25) is 4.79 Å². The van der Waals surface area contributed by atoms with Crippen LogP contribution in [-0.2, 0) is 0 Å². The highest BCUT2D eigenvalue weighted by molar-refractivity contribution is 9.10. The molecule has 0 saturated carbocycles. The Labute approximate surface area is 107 Å². The van der Waals surface area contributed by atoms with E-state index in [2.05, 4.69) is 21.2 Å². The second-order valence-corrected chi connectivity index (χ2v) is 4.46. The number of hydrogen-bond acceptors (Lipinski definition) is 3. The first-order valence-electron chi connectivity index (χ1n) is 5.29. The molecule has 0 radical (unpaired) electrons. The number of carbonyl (C=O) groups excluding carboxylic acids is 1. The molecule has 1 aromatic carbocycles. The summed E-state index contributed by atoms with van der Waals surface area (Å²) in [6, 6.07) is 7.33. The molecule has 0 unspecified atom stereocenters. The molecule has 2 rings (SSSR count). The predicted molar refractivity (Wildman–Crippen MR) is 68.0 cm³/mol. The number of aliphatic hydroxyl groups is 1. The van der Waals surface area contributed by atoms with Gasteiger partial charge in [-0.25, -0.2) is 0 Å². The van der Waals surface area contributed by atoms with Gasteiger partial charge in [0.15, 0.2) is 5.76 Å². The SMILES string of the molecule is O=C(NCCCO)c1cc2cccc(Br)c2o1. The van der Waals surface area contributed by atoms with Crippen LogP contribution in [0.15, 0.2) is 33.2 Å². The van der Waals surface area contributed by atoms with Crippen LogP contribution in [0.3, 0.4) is 0 Å². The molecular weight excluding hydrogens is 286 g/mol. The Bertz CT molecular complexity index is 536. The number of amides is 1. The van der Waals surface area contributed by atoms with Crippen LogP contribution in [0.25, 0.3) is 11.0 Å². The van der Waals surface area contributed by atoms with Crippen LogP contribution < -0.4 is 5.32 Å². The Balaban J connectivity index is 2.19. The van der Waals surface area contributed by atoms with Gasteiger partial charge >= 0.3 is 0 Å². The number of hydrogen-bond donors (Lipinski definition) is 2. The number of aliphatic hydroxyl groups excluding tert-OH is 1. The van der Waals surface area contributed by atoms with Crippen LogP contribution in [0.2, 0.25) is 0 Å². The van der Waals surface area contributed by atoms with Crippen molar-refractivity contribution in [1.29, 1.82) is 0 Å². The first-order valence-corrected chi connectivity index (χ1v) is 6.09. The van der Waals surface area contributed by atoms with Crippen LogP contribution in [0.1, 0.15) is 17.0 Å². The summed E-state index contributed by atoms with van der Waals surface area (Å²) in [4.78, 5) is 11.7. The first-order chi connectivity index (χ1) is 8.22. The molecule has 2 aromatic rings. The molecule has 0 saturated heterocycles. The molecule has 2 N–H and O–H groups in total. The molecule has 4 nitrogen and oxygen atoms in total. The Kier molecular flexibility index (Phi) is 3.81. The second kappa shape index (κ2) is 5.33. The zero-order chi connectivity index (χ0) is 12.3. The van der Waals surface area contributed by atoms with Gasteiger partial charge in [0.25, 0.3) is 5.91 Å². The summed E-state index contributed by atoms with van der Waals surface area (Å²) in [7, 11) is 0. The number of carbonyl (C=O) groups is 1. The summed E-state index contributed by atoms with van der Waals surface area (Å²) in [5.74, 6) is 0.0198. The lowest BCUT2D eigenvalue weighted by molar-refractivity contribution is 0.0925. The molecule has 17 heavy (non-hydrogen) atoms. The molecule has 5 heteroatoms. The highest BCUT2D eigenvalue weighted by atomic mass is 79.9. The van der Waals surface area contributed by atoms with Crippen molar-refractivity contribution in [2.75, 3.05) is 13.2 Å². The molecule has 0 spiro atoms. The molecule has 0 fully saturated rings. The number of nitrogens with one attached hydrogen (secondary N) is 1. The summed E-state index contributed by atoms with van der Waals surface area (Å²) in [5, 5.41) is 12.2. The summed E-state index contributed by atoms with van der Waals surface area (Å²) in [6.45, 7) is 0.500. The van der Waals surface area contributed by atoms with Gasteiger partial charge in [-0.05, 0) is 34.5 Å². The summed E-state index contributed by atoms with van der Waals surface area (Å²) in [5.41, 5.74) is 0.666. The fraction of sp³-hybridized carbons (Fsp3) is 0.250. The summed E-state index contributed by atoms with van der Waals surface area (Å²) in [6.07, 6.45) is 0.537. The van der Waals surface area contributed by atoms with E-state index in [1.165, 1.54) is 0 Å². The van der Waals surface area contributed by atoms with Gasteiger partial charge in [0.1, 0.15) is 5.58 Å². The Morgan fingerprint density at radius 2 is 2.29 bits per heavy atom. The van der Waals surface area contributed by atoms with Crippen LogP contribution in [-0.4, -0.2) is 24.2 Å². The fourth-order valence-corrected chi connectivity index (χ4v) is 1.97. The molecule has 0 aliphatic rings. The van der Waals surface area contributed by atoms with Gasteiger partial charge in [-0.15, -0.1) is 0 Å². The van der Waals surface area contributed by atoms with Crippen LogP contribution in [0.5, 0.6) is 0 Å². The molecule has 0 bridgehead atoms. The normalized spacial score (nSPS) is 10.7. The van der Waals surface area contributed by atoms with E-state index in [1.54, 1.807) is 6.07 Å².